The molecule has 0 spiro atoms. The fraction of sp³-hybridized carbons (Fsp3) is 0.647. The van der Waals surface area contributed by atoms with Gasteiger partial charge in [-0.2, -0.15) is 0 Å². The standard InChI is InChI=1S/C17H27NO/c1-3-15-13-14(9-10-17(15)19-2)11-12-18-16-7-5-4-6-8-16/h9-10,13,16,18H,3-8,11-12H2,1-2H3. The molecule has 0 amide bonds. The van der Waals surface area contributed by atoms with Crippen molar-refractivity contribution < 1.29 is 4.74 Å². The van der Waals surface area contributed by atoms with Gasteiger partial charge in [-0.15, -0.1) is 0 Å². The van der Waals surface area contributed by atoms with E-state index in [0.29, 0.717) is 0 Å². The Kier molecular flexibility index (Phi) is 5.71. The fourth-order valence-electron chi connectivity index (χ4n) is 2.99. The lowest BCUT2D eigenvalue weighted by molar-refractivity contribution is 0.375. The molecule has 0 radical (unpaired) electrons. The average molecular weight is 261 g/mol. The summed E-state index contributed by atoms with van der Waals surface area (Å²) in [6.45, 7) is 3.28. The minimum absolute atomic E-state index is 0.762. The summed E-state index contributed by atoms with van der Waals surface area (Å²) in [6, 6.07) is 7.36. The van der Waals surface area contributed by atoms with Crippen molar-refractivity contribution in [2.24, 2.45) is 0 Å². The second-order valence-electron chi connectivity index (χ2n) is 5.54. The van der Waals surface area contributed by atoms with Gasteiger partial charge in [0.1, 0.15) is 5.75 Å². The molecule has 0 unspecified atom stereocenters. The van der Waals surface area contributed by atoms with Gasteiger partial charge in [0, 0.05) is 6.04 Å². The second kappa shape index (κ2) is 7.54. The largest absolute Gasteiger partial charge is 0.496 e. The predicted molar refractivity (Wildman–Crippen MR) is 81.0 cm³/mol. The molecule has 1 aliphatic carbocycles. The highest BCUT2D eigenvalue weighted by Crippen LogP contribution is 2.21. The SMILES string of the molecule is CCc1cc(CCNC2CCCCC2)ccc1OC. The van der Waals surface area contributed by atoms with Crippen molar-refractivity contribution in [2.45, 2.75) is 57.9 Å². The molecule has 0 bridgehead atoms. The van der Waals surface area contributed by atoms with E-state index in [2.05, 4.69) is 30.4 Å². The Hall–Kier alpha value is -1.02. The Morgan fingerprint density at radius 1 is 1.21 bits per heavy atom. The lowest BCUT2D eigenvalue weighted by Crippen LogP contribution is -2.32. The summed E-state index contributed by atoms with van der Waals surface area (Å²) in [4.78, 5) is 0. The van der Waals surface area contributed by atoms with Crippen LogP contribution in [0.15, 0.2) is 18.2 Å². The summed E-state index contributed by atoms with van der Waals surface area (Å²) >= 11 is 0. The van der Waals surface area contributed by atoms with Crippen LogP contribution in [0.5, 0.6) is 5.75 Å². The highest BCUT2D eigenvalue weighted by atomic mass is 16.5. The molecule has 0 aliphatic heterocycles. The van der Waals surface area contributed by atoms with E-state index in [1.807, 2.05) is 0 Å². The van der Waals surface area contributed by atoms with Crippen molar-refractivity contribution in [1.82, 2.24) is 5.32 Å². The Labute approximate surface area is 117 Å². The Balaban J connectivity index is 1.81. The van der Waals surface area contributed by atoms with E-state index in [0.717, 1.165) is 31.2 Å². The number of hydrogen-bond donors (Lipinski definition) is 1. The van der Waals surface area contributed by atoms with Crippen LogP contribution in [-0.2, 0) is 12.8 Å². The van der Waals surface area contributed by atoms with E-state index in [1.54, 1.807) is 7.11 Å². The Bertz CT molecular complexity index is 383. The summed E-state index contributed by atoms with van der Waals surface area (Å²) in [6.07, 6.45) is 9.11. The molecule has 1 N–H and O–H groups in total. The molecule has 106 valence electrons. The molecular formula is C17H27NO. The molecular weight excluding hydrogens is 234 g/mol. The zero-order chi connectivity index (χ0) is 13.5. The first-order valence-corrected chi connectivity index (χ1v) is 7.72. The summed E-state index contributed by atoms with van der Waals surface area (Å²) in [5, 5.41) is 3.70. The van der Waals surface area contributed by atoms with E-state index < -0.39 is 0 Å². The zero-order valence-electron chi connectivity index (χ0n) is 12.4. The number of rotatable bonds is 6. The molecule has 0 aromatic heterocycles. The third-order valence-corrected chi connectivity index (χ3v) is 4.18. The van der Waals surface area contributed by atoms with Crippen LogP contribution in [0.3, 0.4) is 0 Å². The summed E-state index contributed by atoms with van der Waals surface area (Å²) in [5.74, 6) is 1.02. The van der Waals surface area contributed by atoms with Crippen LogP contribution < -0.4 is 10.1 Å². The maximum atomic E-state index is 5.38. The van der Waals surface area contributed by atoms with E-state index in [1.165, 1.54) is 43.2 Å². The molecule has 0 atom stereocenters. The number of hydrogen-bond acceptors (Lipinski definition) is 2. The van der Waals surface area contributed by atoms with Gasteiger partial charge in [0.2, 0.25) is 0 Å². The monoisotopic (exact) mass is 261 g/mol. The van der Waals surface area contributed by atoms with Crippen molar-refractivity contribution in [3.05, 3.63) is 29.3 Å². The highest BCUT2D eigenvalue weighted by Gasteiger charge is 2.12. The van der Waals surface area contributed by atoms with Crippen LogP contribution >= 0.6 is 0 Å². The minimum Gasteiger partial charge on any atom is -0.496 e. The first-order valence-electron chi connectivity index (χ1n) is 7.72. The Morgan fingerprint density at radius 2 is 2.00 bits per heavy atom. The molecule has 1 aliphatic rings. The molecule has 19 heavy (non-hydrogen) atoms. The van der Waals surface area contributed by atoms with Crippen molar-refractivity contribution in [1.29, 1.82) is 0 Å². The molecule has 1 aromatic carbocycles. The van der Waals surface area contributed by atoms with Crippen molar-refractivity contribution in [3.63, 3.8) is 0 Å². The molecule has 1 aromatic rings. The maximum absolute atomic E-state index is 5.38. The van der Waals surface area contributed by atoms with Crippen LogP contribution in [0.4, 0.5) is 0 Å². The van der Waals surface area contributed by atoms with E-state index in [-0.39, 0.29) is 0 Å². The number of ether oxygens (including phenoxy) is 1. The van der Waals surface area contributed by atoms with Gasteiger partial charge in [0.15, 0.2) is 0 Å². The lowest BCUT2D eigenvalue weighted by atomic mass is 9.95. The van der Waals surface area contributed by atoms with Crippen molar-refractivity contribution in [2.75, 3.05) is 13.7 Å². The summed E-state index contributed by atoms with van der Waals surface area (Å²) < 4.78 is 5.38. The molecule has 0 saturated heterocycles. The average Bonchev–Trinajstić information content (AvgIpc) is 2.48. The van der Waals surface area contributed by atoms with Gasteiger partial charge in [0.25, 0.3) is 0 Å². The number of methoxy groups -OCH3 is 1. The Morgan fingerprint density at radius 3 is 2.68 bits per heavy atom. The minimum atomic E-state index is 0.762. The first kappa shape index (κ1) is 14.4. The molecule has 1 fully saturated rings. The summed E-state index contributed by atoms with van der Waals surface area (Å²) in [5.41, 5.74) is 2.73. The van der Waals surface area contributed by atoms with Gasteiger partial charge in [-0.05, 0) is 49.4 Å². The molecule has 2 rings (SSSR count). The van der Waals surface area contributed by atoms with Gasteiger partial charge < -0.3 is 10.1 Å². The van der Waals surface area contributed by atoms with Gasteiger partial charge in [-0.3, -0.25) is 0 Å². The van der Waals surface area contributed by atoms with Gasteiger partial charge in [-0.1, -0.05) is 38.3 Å². The topological polar surface area (TPSA) is 21.3 Å². The third kappa shape index (κ3) is 4.24. The number of benzene rings is 1. The maximum Gasteiger partial charge on any atom is 0.122 e. The van der Waals surface area contributed by atoms with E-state index in [9.17, 15) is 0 Å². The van der Waals surface area contributed by atoms with E-state index in [4.69, 9.17) is 4.74 Å². The van der Waals surface area contributed by atoms with Gasteiger partial charge >= 0.3 is 0 Å². The van der Waals surface area contributed by atoms with Crippen LogP contribution in [-0.4, -0.2) is 19.7 Å². The van der Waals surface area contributed by atoms with Gasteiger partial charge in [-0.25, -0.2) is 0 Å². The highest BCUT2D eigenvalue weighted by molar-refractivity contribution is 5.37. The van der Waals surface area contributed by atoms with Crippen LogP contribution in [0, 0.1) is 0 Å². The number of nitrogens with one attached hydrogen (secondary N) is 1. The molecule has 1 saturated carbocycles. The molecule has 2 heteroatoms. The normalized spacial score (nSPS) is 16.5. The molecule has 0 heterocycles. The third-order valence-electron chi connectivity index (χ3n) is 4.18. The first-order chi connectivity index (χ1) is 9.33. The van der Waals surface area contributed by atoms with Crippen LogP contribution in [0.25, 0.3) is 0 Å². The van der Waals surface area contributed by atoms with Crippen molar-refractivity contribution in [3.8, 4) is 5.75 Å². The van der Waals surface area contributed by atoms with Crippen LogP contribution in [0.1, 0.15) is 50.2 Å². The fourth-order valence-corrected chi connectivity index (χ4v) is 2.99. The van der Waals surface area contributed by atoms with Gasteiger partial charge in [0.05, 0.1) is 7.11 Å². The molecule has 2 nitrogen and oxygen atoms in total. The quantitative estimate of drug-likeness (QED) is 0.842. The predicted octanol–water partition coefficient (Wildman–Crippen LogP) is 3.72. The zero-order valence-corrected chi connectivity index (χ0v) is 12.4. The van der Waals surface area contributed by atoms with E-state index >= 15 is 0 Å². The summed E-state index contributed by atoms with van der Waals surface area (Å²) in [7, 11) is 1.75. The second-order valence-corrected chi connectivity index (χ2v) is 5.54. The lowest BCUT2D eigenvalue weighted by Gasteiger charge is -2.22. The van der Waals surface area contributed by atoms with Crippen LogP contribution in [0.2, 0.25) is 0 Å². The smallest absolute Gasteiger partial charge is 0.122 e. The number of aryl methyl sites for hydroxylation is 1. The van der Waals surface area contributed by atoms with Crippen molar-refractivity contribution >= 4 is 0 Å².